The molecule has 29 heavy (non-hydrogen) atoms. The lowest BCUT2D eigenvalue weighted by Gasteiger charge is -2.49. The minimum absolute atomic E-state index is 0.0567. The zero-order valence-corrected chi connectivity index (χ0v) is 17.1. The molecule has 2 aromatic rings. The van der Waals surface area contributed by atoms with E-state index in [1.165, 1.54) is 19.3 Å². The SMILES string of the molecule is CN1CCN(C2(CNc3noc(-c4ccccc4)c3C(=O)O)CCCCC2)CC1. The summed E-state index contributed by atoms with van der Waals surface area (Å²) < 4.78 is 5.46. The van der Waals surface area contributed by atoms with E-state index < -0.39 is 5.97 Å². The average molecular weight is 399 g/mol. The summed E-state index contributed by atoms with van der Waals surface area (Å²) in [7, 11) is 2.17. The van der Waals surface area contributed by atoms with Crippen molar-refractivity contribution in [2.24, 2.45) is 0 Å². The summed E-state index contributed by atoms with van der Waals surface area (Å²) in [5, 5.41) is 17.3. The smallest absolute Gasteiger partial charge is 0.343 e. The number of likely N-dealkylation sites (N-methyl/N-ethyl adjacent to an activating group) is 1. The van der Waals surface area contributed by atoms with Crippen molar-refractivity contribution in [3.63, 3.8) is 0 Å². The predicted octanol–water partition coefficient (Wildman–Crippen LogP) is 3.40. The minimum atomic E-state index is -1.02. The molecule has 1 saturated carbocycles. The Morgan fingerprint density at radius 2 is 1.83 bits per heavy atom. The molecule has 0 spiro atoms. The van der Waals surface area contributed by atoms with Crippen molar-refractivity contribution in [3.05, 3.63) is 35.9 Å². The van der Waals surface area contributed by atoms with Gasteiger partial charge in [-0.25, -0.2) is 4.79 Å². The molecule has 7 nitrogen and oxygen atoms in total. The van der Waals surface area contributed by atoms with Crippen LogP contribution >= 0.6 is 0 Å². The zero-order chi connectivity index (χ0) is 20.3. The van der Waals surface area contributed by atoms with Crippen molar-refractivity contribution >= 4 is 11.8 Å². The Balaban J connectivity index is 1.56. The molecule has 7 heteroatoms. The van der Waals surface area contributed by atoms with E-state index in [0.29, 0.717) is 18.1 Å². The molecule has 156 valence electrons. The first-order chi connectivity index (χ1) is 14.1. The summed E-state index contributed by atoms with van der Waals surface area (Å²) in [6.45, 7) is 4.95. The van der Waals surface area contributed by atoms with Crippen LogP contribution in [0.1, 0.15) is 42.5 Å². The first-order valence-electron chi connectivity index (χ1n) is 10.5. The standard InChI is InChI=1S/C22H30N4O3/c1-25-12-14-26(15-13-25)22(10-6-3-7-11-22)16-23-20-18(21(27)28)19(29-24-20)17-8-4-2-5-9-17/h2,4-5,8-9H,3,6-7,10-16H2,1H3,(H,23,24)(H,27,28). The van der Waals surface area contributed by atoms with E-state index in [9.17, 15) is 9.90 Å². The van der Waals surface area contributed by atoms with Crippen molar-refractivity contribution in [2.75, 3.05) is 45.1 Å². The number of rotatable bonds is 6. The van der Waals surface area contributed by atoms with Gasteiger partial charge < -0.3 is 19.8 Å². The molecular weight excluding hydrogens is 368 g/mol. The van der Waals surface area contributed by atoms with Crippen LogP contribution in [0.15, 0.2) is 34.9 Å². The number of hydrogen-bond acceptors (Lipinski definition) is 6. The summed E-state index contributed by atoms with van der Waals surface area (Å²) in [5.41, 5.74) is 0.888. The molecule has 1 aromatic carbocycles. The van der Waals surface area contributed by atoms with E-state index >= 15 is 0 Å². The van der Waals surface area contributed by atoms with E-state index in [0.717, 1.165) is 44.6 Å². The summed E-state index contributed by atoms with van der Waals surface area (Å²) in [5.74, 6) is -0.391. The summed E-state index contributed by atoms with van der Waals surface area (Å²) in [6, 6.07) is 9.29. The molecule has 1 aliphatic carbocycles. The third kappa shape index (κ3) is 4.16. The Morgan fingerprint density at radius 3 is 2.48 bits per heavy atom. The average Bonchev–Trinajstić information content (AvgIpc) is 3.18. The second kappa shape index (κ2) is 8.55. The molecule has 0 unspecified atom stereocenters. The molecule has 1 aromatic heterocycles. The molecule has 0 atom stereocenters. The van der Waals surface area contributed by atoms with Gasteiger partial charge in [0.05, 0.1) is 0 Å². The van der Waals surface area contributed by atoms with Gasteiger partial charge in [0.15, 0.2) is 17.1 Å². The molecule has 0 amide bonds. The van der Waals surface area contributed by atoms with Gasteiger partial charge in [-0.2, -0.15) is 0 Å². The number of carboxylic acids is 1. The number of aromatic carboxylic acids is 1. The Morgan fingerprint density at radius 1 is 1.14 bits per heavy atom. The van der Waals surface area contributed by atoms with Gasteiger partial charge in [0, 0.05) is 43.8 Å². The fraction of sp³-hybridized carbons (Fsp3) is 0.545. The zero-order valence-electron chi connectivity index (χ0n) is 17.1. The van der Waals surface area contributed by atoms with Gasteiger partial charge in [0.1, 0.15) is 0 Å². The largest absolute Gasteiger partial charge is 0.477 e. The summed E-state index contributed by atoms with van der Waals surface area (Å²) >= 11 is 0. The Labute approximate surface area is 171 Å². The molecule has 4 rings (SSSR count). The van der Waals surface area contributed by atoms with Crippen LogP contribution < -0.4 is 5.32 Å². The minimum Gasteiger partial charge on any atom is -0.477 e. The predicted molar refractivity (Wildman–Crippen MR) is 112 cm³/mol. The molecule has 1 saturated heterocycles. The summed E-state index contributed by atoms with van der Waals surface area (Å²) in [4.78, 5) is 17.0. The van der Waals surface area contributed by atoms with E-state index in [2.05, 4.69) is 27.3 Å². The number of anilines is 1. The van der Waals surface area contributed by atoms with Gasteiger partial charge in [-0.05, 0) is 19.9 Å². The number of nitrogens with zero attached hydrogens (tertiary/aromatic N) is 3. The molecule has 0 bridgehead atoms. The second-order valence-corrected chi connectivity index (χ2v) is 8.34. The van der Waals surface area contributed by atoms with E-state index in [-0.39, 0.29) is 11.1 Å². The molecule has 2 aliphatic rings. The second-order valence-electron chi connectivity index (χ2n) is 8.34. The van der Waals surface area contributed by atoms with Gasteiger partial charge in [0.25, 0.3) is 0 Å². The first kappa shape index (κ1) is 19.9. The molecule has 0 radical (unpaired) electrons. The maximum atomic E-state index is 12.0. The van der Waals surface area contributed by atoms with Crippen LogP contribution in [0, 0.1) is 0 Å². The topological polar surface area (TPSA) is 81.8 Å². The third-order valence-electron chi connectivity index (χ3n) is 6.49. The van der Waals surface area contributed by atoms with Crippen molar-refractivity contribution in [1.82, 2.24) is 15.0 Å². The fourth-order valence-corrected chi connectivity index (χ4v) is 4.74. The number of benzene rings is 1. The van der Waals surface area contributed by atoms with Crippen LogP contribution in [0.25, 0.3) is 11.3 Å². The van der Waals surface area contributed by atoms with Crippen LogP contribution in [0.3, 0.4) is 0 Å². The van der Waals surface area contributed by atoms with Crippen LogP contribution in [-0.2, 0) is 0 Å². The van der Waals surface area contributed by atoms with Crippen molar-refractivity contribution in [1.29, 1.82) is 0 Å². The summed E-state index contributed by atoms with van der Waals surface area (Å²) in [6.07, 6.45) is 5.98. The number of carbonyl (C=O) groups is 1. The number of aromatic nitrogens is 1. The van der Waals surface area contributed by atoms with Crippen molar-refractivity contribution in [2.45, 2.75) is 37.6 Å². The number of carboxylic acid groups (broad SMARTS) is 1. The quantitative estimate of drug-likeness (QED) is 0.772. The lowest BCUT2D eigenvalue weighted by atomic mass is 9.79. The van der Waals surface area contributed by atoms with Crippen molar-refractivity contribution in [3.8, 4) is 11.3 Å². The molecular formula is C22H30N4O3. The normalized spacial score (nSPS) is 20.4. The highest BCUT2D eigenvalue weighted by Crippen LogP contribution is 2.36. The van der Waals surface area contributed by atoms with Crippen LogP contribution in [-0.4, -0.2) is 71.3 Å². The Hall–Kier alpha value is -2.38. The third-order valence-corrected chi connectivity index (χ3v) is 6.49. The lowest BCUT2D eigenvalue weighted by Crippen LogP contribution is -2.60. The van der Waals surface area contributed by atoms with E-state index in [1.807, 2.05) is 30.3 Å². The number of hydrogen-bond donors (Lipinski definition) is 2. The van der Waals surface area contributed by atoms with Gasteiger partial charge >= 0.3 is 5.97 Å². The van der Waals surface area contributed by atoms with Crippen LogP contribution in [0.5, 0.6) is 0 Å². The van der Waals surface area contributed by atoms with Crippen molar-refractivity contribution < 1.29 is 14.4 Å². The first-order valence-corrected chi connectivity index (χ1v) is 10.5. The Bertz CT molecular complexity index is 822. The van der Waals surface area contributed by atoms with Crippen LogP contribution in [0.4, 0.5) is 5.82 Å². The van der Waals surface area contributed by atoms with Crippen LogP contribution in [0.2, 0.25) is 0 Å². The van der Waals surface area contributed by atoms with Gasteiger partial charge in [0.2, 0.25) is 0 Å². The monoisotopic (exact) mass is 398 g/mol. The number of nitrogens with one attached hydrogen (secondary N) is 1. The van der Waals surface area contributed by atoms with Gasteiger partial charge in [-0.3, -0.25) is 4.90 Å². The highest BCUT2D eigenvalue weighted by molar-refractivity contribution is 5.99. The number of piperazine rings is 1. The van der Waals surface area contributed by atoms with Gasteiger partial charge in [-0.1, -0.05) is 54.8 Å². The lowest BCUT2D eigenvalue weighted by molar-refractivity contribution is 0.0220. The fourth-order valence-electron chi connectivity index (χ4n) is 4.74. The molecule has 2 N–H and O–H groups in total. The Kier molecular flexibility index (Phi) is 5.87. The maximum absolute atomic E-state index is 12.0. The van der Waals surface area contributed by atoms with E-state index in [4.69, 9.17) is 4.52 Å². The highest BCUT2D eigenvalue weighted by atomic mass is 16.5. The molecule has 2 heterocycles. The molecule has 2 fully saturated rings. The highest BCUT2D eigenvalue weighted by Gasteiger charge is 2.39. The maximum Gasteiger partial charge on any atom is 0.343 e. The van der Waals surface area contributed by atoms with Gasteiger partial charge in [-0.15, -0.1) is 0 Å². The van der Waals surface area contributed by atoms with E-state index in [1.54, 1.807) is 0 Å². The molecule has 1 aliphatic heterocycles.